The van der Waals surface area contributed by atoms with E-state index in [0.717, 1.165) is 0 Å². The van der Waals surface area contributed by atoms with Crippen molar-refractivity contribution in [2.24, 2.45) is 0 Å². The van der Waals surface area contributed by atoms with E-state index < -0.39 is 0 Å². The van der Waals surface area contributed by atoms with E-state index in [2.05, 4.69) is 55.7 Å². The minimum atomic E-state index is 1.31. The molecule has 0 aliphatic heterocycles. The summed E-state index contributed by atoms with van der Waals surface area (Å²) in [6, 6.07) is 8.36. The Balaban J connectivity index is 0.000000424. The van der Waals surface area contributed by atoms with E-state index in [4.69, 9.17) is 0 Å². The van der Waals surface area contributed by atoms with Crippen molar-refractivity contribution in [3.8, 4) is 12.3 Å². The monoisotopic (exact) mass is 172 g/mol. The molecule has 1 aromatic rings. The Morgan fingerprint density at radius 2 is 1.85 bits per heavy atom. The third-order valence-corrected chi connectivity index (χ3v) is 1.53. The molecule has 0 heterocycles. The van der Waals surface area contributed by atoms with Crippen molar-refractivity contribution in [2.45, 2.75) is 20.8 Å². The fourth-order valence-corrected chi connectivity index (χ4v) is 0.953. The van der Waals surface area contributed by atoms with Crippen LogP contribution in [0.25, 0.3) is 6.08 Å². The zero-order chi connectivity index (χ0) is 10.1. The van der Waals surface area contributed by atoms with E-state index >= 15 is 0 Å². The third-order valence-electron chi connectivity index (χ3n) is 1.53. The molecule has 0 heteroatoms. The van der Waals surface area contributed by atoms with E-state index in [1.807, 2.05) is 6.92 Å². The first-order chi connectivity index (χ1) is 6.26. The maximum Gasteiger partial charge on any atom is -0.00297 e. The van der Waals surface area contributed by atoms with Gasteiger partial charge >= 0.3 is 0 Å². The van der Waals surface area contributed by atoms with Crippen LogP contribution in [-0.2, 0) is 0 Å². The van der Waals surface area contributed by atoms with Crippen LogP contribution in [0, 0.1) is 19.3 Å². The van der Waals surface area contributed by atoms with Crippen LogP contribution in [0.3, 0.4) is 0 Å². The lowest BCUT2D eigenvalue weighted by Crippen LogP contribution is -1.76. The standard InChI is InChI=1S/C10H12.C3H4/c1-3-6-10-8-5-4-7-9(10)2;1-3-2/h3-8H,1-2H3;1H,2H3/b6-3-;. The fraction of sp³-hybridized carbons (Fsp3) is 0.231. The van der Waals surface area contributed by atoms with E-state index in [0.29, 0.717) is 0 Å². The summed E-state index contributed by atoms with van der Waals surface area (Å²) in [6.45, 7) is 5.81. The molecule has 0 bridgehead atoms. The van der Waals surface area contributed by atoms with Gasteiger partial charge < -0.3 is 0 Å². The second-order valence-corrected chi connectivity index (χ2v) is 2.65. The molecular weight excluding hydrogens is 156 g/mol. The molecule has 0 radical (unpaired) electrons. The second kappa shape index (κ2) is 7.18. The van der Waals surface area contributed by atoms with Crippen molar-refractivity contribution in [1.29, 1.82) is 0 Å². The van der Waals surface area contributed by atoms with E-state index in [1.54, 1.807) is 6.92 Å². The number of hydrogen-bond donors (Lipinski definition) is 0. The number of hydrogen-bond acceptors (Lipinski definition) is 0. The van der Waals surface area contributed by atoms with E-state index in [-0.39, 0.29) is 0 Å². The van der Waals surface area contributed by atoms with Crippen molar-refractivity contribution in [3.63, 3.8) is 0 Å². The van der Waals surface area contributed by atoms with Gasteiger partial charge in [-0.15, -0.1) is 12.3 Å². The lowest BCUT2D eigenvalue weighted by atomic mass is 10.1. The van der Waals surface area contributed by atoms with Crippen molar-refractivity contribution >= 4 is 6.08 Å². The van der Waals surface area contributed by atoms with Gasteiger partial charge in [0.25, 0.3) is 0 Å². The maximum atomic E-state index is 4.60. The molecule has 0 aromatic heterocycles. The highest BCUT2D eigenvalue weighted by atomic mass is 13.9. The van der Waals surface area contributed by atoms with Crippen molar-refractivity contribution < 1.29 is 0 Å². The van der Waals surface area contributed by atoms with Crippen LogP contribution in [-0.4, -0.2) is 0 Å². The number of terminal acetylenes is 1. The summed E-state index contributed by atoms with van der Waals surface area (Å²) in [5.41, 5.74) is 2.64. The van der Waals surface area contributed by atoms with Crippen molar-refractivity contribution in [2.75, 3.05) is 0 Å². The van der Waals surface area contributed by atoms with Crippen molar-refractivity contribution in [3.05, 3.63) is 41.5 Å². The molecule has 0 amide bonds. The lowest BCUT2D eigenvalue weighted by Gasteiger charge is -1.96. The van der Waals surface area contributed by atoms with E-state index in [9.17, 15) is 0 Å². The molecular formula is C13H16. The minimum Gasteiger partial charge on any atom is -0.120 e. The summed E-state index contributed by atoms with van der Waals surface area (Å²) in [6.07, 6.45) is 8.78. The molecule has 0 saturated heterocycles. The quantitative estimate of drug-likeness (QED) is 0.567. The summed E-state index contributed by atoms with van der Waals surface area (Å²) in [4.78, 5) is 0. The summed E-state index contributed by atoms with van der Waals surface area (Å²) < 4.78 is 0. The second-order valence-electron chi connectivity index (χ2n) is 2.65. The van der Waals surface area contributed by atoms with Crippen LogP contribution in [0.4, 0.5) is 0 Å². The summed E-state index contributed by atoms with van der Waals surface area (Å²) in [7, 11) is 0. The van der Waals surface area contributed by atoms with Crippen LogP contribution < -0.4 is 0 Å². The van der Waals surface area contributed by atoms with Crippen molar-refractivity contribution in [1.82, 2.24) is 0 Å². The molecule has 0 unspecified atom stereocenters. The highest BCUT2D eigenvalue weighted by molar-refractivity contribution is 5.52. The summed E-state index contributed by atoms with van der Waals surface area (Å²) >= 11 is 0. The molecule has 0 saturated carbocycles. The third kappa shape index (κ3) is 4.87. The lowest BCUT2D eigenvalue weighted by molar-refractivity contribution is 1.44. The Kier molecular flexibility index (Phi) is 6.37. The molecule has 0 spiro atoms. The molecule has 1 aromatic carbocycles. The normalized spacial score (nSPS) is 8.77. The number of benzene rings is 1. The Labute approximate surface area is 81.3 Å². The molecule has 13 heavy (non-hydrogen) atoms. The van der Waals surface area contributed by atoms with Gasteiger partial charge in [-0.3, -0.25) is 0 Å². The average molecular weight is 172 g/mol. The molecule has 1 rings (SSSR count). The van der Waals surface area contributed by atoms with Gasteiger partial charge in [0.2, 0.25) is 0 Å². The number of rotatable bonds is 1. The van der Waals surface area contributed by atoms with Gasteiger partial charge in [0, 0.05) is 0 Å². The maximum absolute atomic E-state index is 4.60. The largest absolute Gasteiger partial charge is 0.120 e. The Morgan fingerprint density at radius 1 is 1.31 bits per heavy atom. The Hall–Kier alpha value is -1.48. The molecule has 0 N–H and O–H groups in total. The van der Waals surface area contributed by atoms with Crippen LogP contribution in [0.2, 0.25) is 0 Å². The molecule has 0 atom stereocenters. The first kappa shape index (κ1) is 11.5. The van der Waals surface area contributed by atoms with Gasteiger partial charge in [-0.1, -0.05) is 36.4 Å². The topological polar surface area (TPSA) is 0 Å². The van der Waals surface area contributed by atoms with Gasteiger partial charge in [0.15, 0.2) is 0 Å². The van der Waals surface area contributed by atoms with Crippen LogP contribution in [0.5, 0.6) is 0 Å². The van der Waals surface area contributed by atoms with Gasteiger partial charge in [-0.05, 0) is 31.9 Å². The average Bonchev–Trinajstić information content (AvgIpc) is 2.11. The first-order valence-corrected chi connectivity index (χ1v) is 4.32. The molecule has 0 fully saturated rings. The highest BCUT2D eigenvalue weighted by Crippen LogP contribution is 2.07. The predicted octanol–water partition coefficient (Wildman–Crippen LogP) is 3.67. The van der Waals surface area contributed by atoms with Gasteiger partial charge in [-0.2, -0.15) is 0 Å². The van der Waals surface area contributed by atoms with Crippen LogP contribution >= 0.6 is 0 Å². The molecule has 0 aliphatic rings. The highest BCUT2D eigenvalue weighted by Gasteiger charge is 1.87. The summed E-state index contributed by atoms with van der Waals surface area (Å²) in [5, 5.41) is 0. The van der Waals surface area contributed by atoms with Gasteiger partial charge in [-0.25, -0.2) is 0 Å². The van der Waals surface area contributed by atoms with Crippen LogP contribution in [0.15, 0.2) is 30.3 Å². The zero-order valence-corrected chi connectivity index (χ0v) is 8.54. The van der Waals surface area contributed by atoms with Gasteiger partial charge in [0.1, 0.15) is 0 Å². The van der Waals surface area contributed by atoms with Crippen LogP contribution in [0.1, 0.15) is 25.0 Å². The SMILES string of the molecule is C#CC.C/C=C\c1ccccc1C. The minimum absolute atomic E-state index is 1.31. The number of allylic oxidation sites excluding steroid dienone is 1. The first-order valence-electron chi connectivity index (χ1n) is 4.32. The predicted molar refractivity (Wildman–Crippen MR) is 60.4 cm³/mol. The smallest absolute Gasteiger partial charge is 0.00297 e. The summed E-state index contributed by atoms with van der Waals surface area (Å²) in [5.74, 6) is 2.25. The molecule has 68 valence electrons. The Morgan fingerprint density at radius 3 is 2.31 bits per heavy atom. The fourth-order valence-electron chi connectivity index (χ4n) is 0.953. The molecule has 0 nitrogen and oxygen atoms in total. The van der Waals surface area contributed by atoms with E-state index in [1.165, 1.54) is 11.1 Å². The Bertz CT molecular complexity index is 300. The van der Waals surface area contributed by atoms with Gasteiger partial charge in [0.05, 0.1) is 0 Å². The molecule has 0 aliphatic carbocycles. The number of aryl methyl sites for hydroxylation is 1. The zero-order valence-electron chi connectivity index (χ0n) is 8.54.